The van der Waals surface area contributed by atoms with Crippen LogP contribution in [0.4, 0.5) is 5.69 Å². The van der Waals surface area contributed by atoms with Crippen molar-refractivity contribution in [3.63, 3.8) is 0 Å². The van der Waals surface area contributed by atoms with Gasteiger partial charge in [0.05, 0.1) is 17.0 Å². The van der Waals surface area contributed by atoms with Crippen LogP contribution < -0.4 is 0 Å². The van der Waals surface area contributed by atoms with Crippen molar-refractivity contribution in [1.29, 1.82) is 0 Å². The number of aromatic nitrogens is 1. The molecule has 6 heteroatoms. The molecule has 0 unspecified atom stereocenters. The molecule has 21 heavy (non-hydrogen) atoms. The van der Waals surface area contributed by atoms with Gasteiger partial charge in [0.15, 0.2) is 0 Å². The van der Waals surface area contributed by atoms with Crippen molar-refractivity contribution >= 4 is 16.6 Å². The molecule has 0 aliphatic carbocycles. The molecule has 1 fully saturated rings. The van der Waals surface area contributed by atoms with E-state index >= 15 is 0 Å². The smallest absolute Gasteiger partial charge is 0.271 e. The van der Waals surface area contributed by atoms with E-state index < -0.39 is 0 Å². The quantitative estimate of drug-likeness (QED) is 0.640. The van der Waals surface area contributed by atoms with E-state index in [4.69, 9.17) is 4.74 Å². The lowest BCUT2D eigenvalue weighted by atomic mass is 10.2. The number of rotatable bonds is 4. The third-order valence-electron chi connectivity index (χ3n) is 3.94. The zero-order chi connectivity index (χ0) is 14.7. The molecule has 112 valence electrons. The number of fused-ring (bicyclic) bond motifs is 1. The summed E-state index contributed by atoms with van der Waals surface area (Å²) in [5, 5.41) is 11.9. The van der Waals surface area contributed by atoms with Gasteiger partial charge in [0.25, 0.3) is 5.69 Å². The number of hydrogen-bond donors (Lipinski definition) is 0. The molecule has 6 nitrogen and oxygen atoms in total. The van der Waals surface area contributed by atoms with Gasteiger partial charge in [0, 0.05) is 56.5 Å². The van der Waals surface area contributed by atoms with Crippen LogP contribution >= 0.6 is 0 Å². The Bertz CT molecular complexity index is 630. The predicted octanol–water partition coefficient (Wildman–Crippen LogP) is 2.27. The molecule has 2 aromatic rings. The van der Waals surface area contributed by atoms with E-state index in [1.807, 2.05) is 18.3 Å². The normalized spacial score (nSPS) is 17.0. The average molecular weight is 289 g/mol. The first-order chi connectivity index (χ1) is 10.2. The van der Waals surface area contributed by atoms with Crippen LogP contribution in [0.5, 0.6) is 0 Å². The van der Waals surface area contributed by atoms with Gasteiger partial charge in [-0.15, -0.1) is 0 Å². The summed E-state index contributed by atoms with van der Waals surface area (Å²) in [7, 11) is 0. The Morgan fingerprint density at radius 2 is 2.10 bits per heavy atom. The molecule has 2 heterocycles. The molecular formula is C15H19N3O3. The average Bonchev–Trinajstić information content (AvgIpc) is 2.70. The van der Waals surface area contributed by atoms with Gasteiger partial charge in [-0.2, -0.15) is 0 Å². The Morgan fingerprint density at radius 3 is 2.95 bits per heavy atom. The molecule has 1 aliphatic heterocycles. The van der Waals surface area contributed by atoms with Crippen LogP contribution in [-0.2, 0) is 11.3 Å². The van der Waals surface area contributed by atoms with E-state index in [-0.39, 0.29) is 10.6 Å². The molecule has 0 amide bonds. The molecule has 0 atom stereocenters. The second-order valence-corrected chi connectivity index (χ2v) is 5.32. The molecule has 1 aliphatic rings. The SMILES string of the molecule is O=[N+]([O-])c1ccc2ccn(CCN3CCCOCC3)c2c1. The second-order valence-electron chi connectivity index (χ2n) is 5.32. The summed E-state index contributed by atoms with van der Waals surface area (Å²) in [6.07, 6.45) is 3.07. The Morgan fingerprint density at radius 1 is 1.19 bits per heavy atom. The number of non-ortho nitro benzene ring substituents is 1. The fourth-order valence-electron chi connectivity index (χ4n) is 2.75. The van der Waals surface area contributed by atoms with Crippen molar-refractivity contribution in [2.75, 3.05) is 32.8 Å². The fraction of sp³-hybridized carbons (Fsp3) is 0.467. The first-order valence-corrected chi connectivity index (χ1v) is 7.27. The maximum absolute atomic E-state index is 10.9. The third-order valence-corrected chi connectivity index (χ3v) is 3.94. The predicted molar refractivity (Wildman–Crippen MR) is 80.5 cm³/mol. The number of ether oxygens (including phenoxy) is 1. The summed E-state index contributed by atoms with van der Waals surface area (Å²) in [6.45, 7) is 5.42. The van der Waals surface area contributed by atoms with Crippen molar-refractivity contribution in [3.05, 3.63) is 40.6 Å². The molecule has 1 aromatic carbocycles. The molecule has 3 rings (SSSR count). The summed E-state index contributed by atoms with van der Waals surface area (Å²) in [6, 6.07) is 7.02. The number of benzene rings is 1. The zero-order valence-electron chi connectivity index (χ0n) is 11.9. The lowest BCUT2D eigenvalue weighted by molar-refractivity contribution is -0.384. The maximum Gasteiger partial charge on any atom is 0.271 e. The van der Waals surface area contributed by atoms with Crippen molar-refractivity contribution in [2.24, 2.45) is 0 Å². The Kier molecular flexibility index (Phi) is 4.17. The van der Waals surface area contributed by atoms with Gasteiger partial charge < -0.3 is 9.30 Å². The minimum Gasteiger partial charge on any atom is -0.380 e. The highest BCUT2D eigenvalue weighted by Gasteiger charge is 2.11. The Balaban J connectivity index is 1.74. The number of nitrogens with zero attached hydrogens (tertiary/aromatic N) is 3. The monoisotopic (exact) mass is 289 g/mol. The highest BCUT2D eigenvalue weighted by Crippen LogP contribution is 2.22. The maximum atomic E-state index is 10.9. The Hall–Kier alpha value is -1.92. The zero-order valence-corrected chi connectivity index (χ0v) is 11.9. The van der Waals surface area contributed by atoms with Gasteiger partial charge >= 0.3 is 0 Å². The highest BCUT2D eigenvalue weighted by atomic mass is 16.6. The van der Waals surface area contributed by atoms with Crippen LogP contribution in [0, 0.1) is 10.1 Å². The van der Waals surface area contributed by atoms with Crippen LogP contribution in [-0.4, -0.2) is 47.2 Å². The van der Waals surface area contributed by atoms with Crippen LogP contribution in [0.2, 0.25) is 0 Å². The van der Waals surface area contributed by atoms with E-state index in [1.54, 1.807) is 12.1 Å². The largest absolute Gasteiger partial charge is 0.380 e. The van der Waals surface area contributed by atoms with Crippen LogP contribution in [0.15, 0.2) is 30.5 Å². The number of nitro groups is 1. The fourth-order valence-corrected chi connectivity index (χ4v) is 2.75. The van der Waals surface area contributed by atoms with E-state index in [9.17, 15) is 10.1 Å². The highest BCUT2D eigenvalue weighted by molar-refractivity contribution is 5.82. The van der Waals surface area contributed by atoms with Crippen molar-refractivity contribution in [1.82, 2.24) is 9.47 Å². The van der Waals surface area contributed by atoms with Gasteiger partial charge in [-0.1, -0.05) is 0 Å². The van der Waals surface area contributed by atoms with Crippen LogP contribution in [0.25, 0.3) is 10.9 Å². The van der Waals surface area contributed by atoms with E-state index in [0.717, 1.165) is 56.7 Å². The first kappa shape index (κ1) is 14.0. The van der Waals surface area contributed by atoms with Crippen molar-refractivity contribution < 1.29 is 9.66 Å². The summed E-state index contributed by atoms with van der Waals surface area (Å²) in [5.74, 6) is 0. The minimum atomic E-state index is -0.344. The number of hydrogen-bond acceptors (Lipinski definition) is 4. The van der Waals surface area contributed by atoms with E-state index in [0.29, 0.717) is 0 Å². The molecular weight excluding hydrogens is 270 g/mol. The lowest BCUT2D eigenvalue weighted by Crippen LogP contribution is -2.29. The van der Waals surface area contributed by atoms with E-state index in [2.05, 4.69) is 9.47 Å². The van der Waals surface area contributed by atoms with Crippen molar-refractivity contribution in [2.45, 2.75) is 13.0 Å². The molecule has 0 saturated carbocycles. The molecule has 1 saturated heterocycles. The van der Waals surface area contributed by atoms with Gasteiger partial charge in [-0.25, -0.2) is 0 Å². The Labute approximate surface area is 123 Å². The minimum absolute atomic E-state index is 0.144. The topological polar surface area (TPSA) is 60.5 Å². The molecule has 0 N–H and O–H groups in total. The summed E-state index contributed by atoms with van der Waals surface area (Å²) >= 11 is 0. The molecule has 1 aromatic heterocycles. The first-order valence-electron chi connectivity index (χ1n) is 7.27. The summed E-state index contributed by atoms with van der Waals surface area (Å²) in [4.78, 5) is 12.9. The van der Waals surface area contributed by atoms with Gasteiger partial charge in [0.1, 0.15) is 0 Å². The van der Waals surface area contributed by atoms with Crippen LogP contribution in [0.3, 0.4) is 0 Å². The second kappa shape index (κ2) is 6.24. The van der Waals surface area contributed by atoms with E-state index in [1.165, 1.54) is 0 Å². The molecule has 0 bridgehead atoms. The van der Waals surface area contributed by atoms with Crippen molar-refractivity contribution in [3.8, 4) is 0 Å². The van der Waals surface area contributed by atoms with Gasteiger partial charge in [0.2, 0.25) is 0 Å². The number of nitro benzene ring substituents is 1. The summed E-state index contributed by atoms with van der Waals surface area (Å²) in [5.41, 5.74) is 1.07. The summed E-state index contributed by atoms with van der Waals surface area (Å²) < 4.78 is 7.54. The molecule has 0 radical (unpaired) electrons. The lowest BCUT2D eigenvalue weighted by Gasteiger charge is -2.19. The third kappa shape index (κ3) is 3.22. The molecule has 0 spiro atoms. The van der Waals surface area contributed by atoms with Gasteiger partial charge in [-0.05, 0) is 18.6 Å². The standard InChI is InChI=1S/C15H19N3O3/c19-18(20)14-3-2-13-4-6-17(15(13)12-14)8-7-16-5-1-10-21-11-9-16/h2-4,6,12H,1,5,7-11H2. The van der Waals surface area contributed by atoms with Gasteiger partial charge in [-0.3, -0.25) is 15.0 Å². The van der Waals surface area contributed by atoms with Crippen LogP contribution in [0.1, 0.15) is 6.42 Å².